The van der Waals surface area contributed by atoms with Crippen molar-refractivity contribution >= 4 is 33.5 Å². The van der Waals surface area contributed by atoms with E-state index in [9.17, 15) is 14.0 Å². The third-order valence-electron chi connectivity index (χ3n) is 3.34. The van der Waals surface area contributed by atoms with Gasteiger partial charge >= 0.3 is 5.97 Å². The highest BCUT2D eigenvalue weighted by Crippen LogP contribution is 2.32. The SMILES string of the molecule is O=C(O)C1CCC(C(=O)Nc2ccc(Br)c(F)c2)C1. The fourth-order valence-electron chi connectivity index (χ4n) is 2.26. The monoisotopic (exact) mass is 329 g/mol. The van der Waals surface area contributed by atoms with Crippen LogP contribution in [0, 0.1) is 17.7 Å². The van der Waals surface area contributed by atoms with Gasteiger partial charge in [-0.2, -0.15) is 0 Å². The van der Waals surface area contributed by atoms with Crippen molar-refractivity contribution in [2.24, 2.45) is 11.8 Å². The number of halogens is 2. The second kappa shape index (κ2) is 5.69. The Morgan fingerprint density at radius 2 is 2.00 bits per heavy atom. The van der Waals surface area contributed by atoms with E-state index in [0.717, 1.165) is 0 Å². The van der Waals surface area contributed by atoms with Crippen LogP contribution in [0.4, 0.5) is 10.1 Å². The minimum absolute atomic E-state index is 0.245. The molecule has 1 aromatic rings. The van der Waals surface area contributed by atoms with Crippen LogP contribution < -0.4 is 5.32 Å². The molecule has 0 heterocycles. The first-order valence-corrected chi connectivity index (χ1v) is 6.75. The average Bonchev–Trinajstić information content (AvgIpc) is 2.83. The van der Waals surface area contributed by atoms with Crippen LogP contribution in [-0.2, 0) is 9.59 Å². The summed E-state index contributed by atoms with van der Waals surface area (Å²) in [4.78, 5) is 22.8. The number of rotatable bonds is 3. The average molecular weight is 330 g/mol. The maximum Gasteiger partial charge on any atom is 0.306 e. The third kappa shape index (κ3) is 3.32. The summed E-state index contributed by atoms with van der Waals surface area (Å²) < 4.78 is 13.6. The van der Waals surface area contributed by atoms with E-state index in [1.165, 1.54) is 12.1 Å². The predicted octanol–water partition coefficient (Wildman–Crippen LogP) is 3.03. The minimum Gasteiger partial charge on any atom is -0.481 e. The van der Waals surface area contributed by atoms with Gasteiger partial charge in [-0.05, 0) is 53.4 Å². The fraction of sp³-hybridized carbons (Fsp3) is 0.385. The highest BCUT2D eigenvalue weighted by atomic mass is 79.9. The van der Waals surface area contributed by atoms with E-state index in [2.05, 4.69) is 21.2 Å². The molecule has 2 rings (SSSR count). The Morgan fingerprint density at radius 3 is 2.58 bits per heavy atom. The summed E-state index contributed by atoms with van der Waals surface area (Å²) in [5, 5.41) is 11.5. The van der Waals surface area contributed by atoms with Gasteiger partial charge < -0.3 is 10.4 Å². The van der Waals surface area contributed by atoms with Crippen LogP contribution in [0.15, 0.2) is 22.7 Å². The molecule has 102 valence electrons. The molecule has 2 unspecified atom stereocenters. The van der Waals surface area contributed by atoms with Crippen LogP contribution in [0.3, 0.4) is 0 Å². The first-order chi connectivity index (χ1) is 8.97. The van der Waals surface area contributed by atoms with Gasteiger partial charge in [0.1, 0.15) is 5.82 Å². The zero-order valence-electron chi connectivity index (χ0n) is 10.0. The van der Waals surface area contributed by atoms with E-state index in [-0.39, 0.29) is 11.8 Å². The van der Waals surface area contributed by atoms with Gasteiger partial charge in [0.15, 0.2) is 0 Å². The number of carbonyl (C=O) groups excluding carboxylic acids is 1. The number of carbonyl (C=O) groups is 2. The normalized spacial score (nSPS) is 22.2. The molecular weight excluding hydrogens is 317 g/mol. The van der Waals surface area contributed by atoms with Crippen LogP contribution >= 0.6 is 15.9 Å². The van der Waals surface area contributed by atoms with E-state index in [4.69, 9.17) is 5.11 Å². The molecule has 1 saturated carbocycles. The van der Waals surface area contributed by atoms with Gasteiger partial charge in [-0.15, -0.1) is 0 Å². The van der Waals surface area contributed by atoms with Crippen molar-refractivity contribution in [3.8, 4) is 0 Å². The summed E-state index contributed by atoms with van der Waals surface area (Å²) in [6, 6.07) is 4.33. The lowest BCUT2D eigenvalue weighted by atomic mass is 10.0. The van der Waals surface area contributed by atoms with E-state index < -0.39 is 17.7 Å². The summed E-state index contributed by atoms with van der Waals surface area (Å²) >= 11 is 3.03. The lowest BCUT2D eigenvalue weighted by molar-refractivity contribution is -0.141. The van der Waals surface area contributed by atoms with Crippen molar-refractivity contribution in [1.82, 2.24) is 0 Å². The van der Waals surface area contributed by atoms with Crippen molar-refractivity contribution < 1.29 is 19.1 Å². The minimum atomic E-state index is -0.856. The Morgan fingerprint density at radius 1 is 1.32 bits per heavy atom. The Labute approximate surface area is 118 Å². The molecule has 1 fully saturated rings. The van der Waals surface area contributed by atoms with Gasteiger partial charge in [0.25, 0.3) is 0 Å². The van der Waals surface area contributed by atoms with Gasteiger partial charge in [-0.3, -0.25) is 9.59 Å². The molecule has 4 nitrogen and oxygen atoms in total. The lowest BCUT2D eigenvalue weighted by Gasteiger charge is -2.11. The van der Waals surface area contributed by atoms with Crippen molar-refractivity contribution in [2.45, 2.75) is 19.3 Å². The van der Waals surface area contributed by atoms with E-state index in [0.29, 0.717) is 29.4 Å². The summed E-state index contributed by atoms with van der Waals surface area (Å²) in [6.45, 7) is 0. The quantitative estimate of drug-likeness (QED) is 0.895. The maximum atomic E-state index is 13.3. The van der Waals surface area contributed by atoms with Gasteiger partial charge in [-0.25, -0.2) is 4.39 Å². The Hall–Kier alpha value is -1.43. The summed E-state index contributed by atoms with van der Waals surface area (Å²) in [5.41, 5.74) is 0.379. The zero-order valence-corrected chi connectivity index (χ0v) is 11.6. The van der Waals surface area contributed by atoms with Crippen LogP contribution in [0.25, 0.3) is 0 Å². The van der Waals surface area contributed by atoms with Crippen LogP contribution in [-0.4, -0.2) is 17.0 Å². The predicted molar refractivity (Wildman–Crippen MR) is 71.2 cm³/mol. The van der Waals surface area contributed by atoms with Crippen LogP contribution in [0.5, 0.6) is 0 Å². The molecule has 0 saturated heterocycles. The number of anilines is 1. The lowest BCUT2D eigenvalue weighted by Crippen LogP contribution is -2.21. The molecule has 0 spiro atoms. The second-order valence-corrected chi connectivity index (χ2v) is 5.52. The van der Waals surface area contributed by atoms with Crippen LogP contribution in [0.2, 0.25) is 0 Å². The third-order valence-corrected chi connectivity index (χ3v) is 3.98. The molecule has 6 heteroatoms. The fourth-order valence-corrected chi connectivity index (χ4v) is 2.51. The standard InChI is InChI=1S/C13H13BrFNO3/c14-10-4-3-9(6-11(10)15)16-12(17)7-1-2-8(5-7)13(18)19/h3-4,6-8H,1-2,5H2,(H,16,17)(H,18,19). The number of benzene rings is 1. The van der Waals surface area contributed by atoms with E-state index in [1.807, 2.05) is 0 Å². The molecule has 0 bridgehead atoms. The molecule has 0 aliphatic heterocycles. The number of carboxylic acids is 1. The molecule has 0 aromatic heterocycles. The first kappa shape index (κ1) is 14.0. The molecule has 1 aromatic carbocycles. The Balaban J connectivity index is 1.98. The van der Waals surface area contributed by atoms with E-state index in [1.54, 1.807) is 6.07 Å². The number of hydrogen-bond donors (Lipinski definition) is 2. The highest BCUT2D eigenvalue weighted by molar-refractivity contribution is 9.10. The molecule has 2 N–H and O–H groups in total. The number of carboxylic acid groups (broad SMARTS) is 1. The number of nitrogens with one attached hydrogen (secondary N) is 1. The molecule has 1 amide bonds. The number of aliphatic carboxylic acids is 1. The second-order valence-electron chi connectivity index (χ2n) is 4.66. The summed E-state index contributed by atoms with van der Waals surface area (Å²) in [5.74, 6) is -2.31. The zero-order chi connectivity index (χ0) is 14.0. The molecular formula is C13H13BrFNO3. The number of hydrogen-bond acceptors (Lipinski definition) is 2. The van der Waals surface area contributed by atoms with Crippen LogP contribution in [0.1, 0.15) is 19.3 Å². The van der Waals surface area contributed by atoms with Gasteiger partial charge in [0.05, 0.1) is 10.4 Å². The highest BCUT2D eigenvalue weighted by Gasteiger charge is 2.33. The molecule has 1 aliphatic rings. The summed E-state index contributed by atoms with van der Waals surface area (Å²) in [6.07, 6.45) is 1.42. The molecule has 1 aliphatic carbocycles. The Kier molecular flexibility index (Phi) is 4.19. The van der Waals surface area contributed by atoms with Crippen molar-refractivity contribution in [1.29, 1.82) is 0 Å². The van der Waals surface area contributed by atoms with Crippen molar-refractivity contribution in [3.63, 3.8) is 0 Å². The molecule has 2 atom stereocenters. The summed E-state index contributed by atoms with van der Waals surface area (Å²) in [7, 11) is 0. The Bertz CT molecular complexity index is 521. The topological polar surface area (TPSA) is 66.4 Å². The smallest absolute Gasteiger partial charge is 0.306 e. The van der Waals surface area contributed by atoms with Gasteiger partial charge in [0, 0.05) is 11.6 Å². The van der Waals surface area contributed by atoms with Gasteiger partial charge in [-0.1, -0.05) is 0 Å². The molecule has 0 radical (unpaired) electrons. The largest absolute Gasteiger partial charge is 0.481 e. The maximum absolute atomic E-state index is 13.3. The van der Waals surface area contributed by atoms with E-state index >= 15 is 0 Å². The van der Waals surface area contributed by atoms with Gasteiger partial charge in [0.2, 0.25) is 5.91 Å². The van der Waals surface area contributed by atoms with Crippen molar-refractivity contribution in [3.05, 3.63) is 28.5 Å². The molecule has 19 heavy (non-hydrogen) atoms. The first-order valence-electron chi connectivity index (χ1n) is 5.96. The van der Waals surface area contributed by atoms with Crippen molar-refractivity contribution in [2.75, 3.05) is 5.32 Å². The number of amides is 1.